The van der Waals surface area contributed by atoms with E-state index in [1.807, 2.05) is 29.6 Å². The second kappa shape index (κ2) is 5.32. The van der Waals surface area contributed by atoms with Gasteiger partial charge in [0.05, 0.1) is 12.3 Å². The average Bonchev–Trinajstić information content (AvgIpc) is 3.02. The third-order valence-corrected chi connectivity index (χ3v) is 4.97. The number of thiazole rings is 1. The highest BCUT2D eigenvalue weighted by atomic mass is 32.1. The summed E-state index contributed by atoms with van der Waals surface area (Å²) in [6.45, 7) is 0.209. The summed E-state index contributed by atoms with van der Waals surface area (Å²) in [6.07, 6.45) is 0. The number of aromatic nitrogens is 1. The fraction of sp³-hybridized carbons (Fsp3) is 0.143. The second-order valence-electron chi connectivity index (χ2n) is 4.18. The molecule has 102 valence electrons. The van der Waals surface area contributed by atoms with Crippen LogP contribution in [-0.4, -0.2) is 23.2 Å². The van der Waals surface area contributed by atoms with E-state index in [1.54, 1.807) is 11.3 Å². The topological polar surface area (TPSA) is 59.4 Å². The van der Waals surface area contributed by atoms with Crippen LogP contribution in [0.1, 0.15) is 15.4 Å². The summed E-state index contributed by atoms with van der Waals surface area (Å²) in [5, 5.41) is 13.1. The standard InChI is InChI=1S/C14H11NO3S2/c1-18-6-10-12(14(16)17)20-13(15-10)9-7-19-11-5-3-2-4-8(9)11/h2-5,7H,6H2,1H3,(H,16,17). The molecular weight excluding hydrogens is 294 g/mol. The summed E-state index contributed by atoms with van der Waals surface area (Å²) in [5.74, 6) is -0.958. The van der Waals surface area contributed by atoms with Crippen LogP contribution >= 0.6 is 22.7 Å². The molecule has 20 heavy (non-hydrogen) atoms. The Bertz CT molecular complexity index is 776. The molecule has 0 aliphatic rings. The Kier molecular flexibility index (Phi) is 3.52. The van der Waals surface area contributed by atoms with Gasteiger partial charge in [0.25, 0.3) is 0 Å². The van der Waals surface area contributed by atoms with Crippen LogP contribution in [0, 0.1) is 0 Å². The molecule has 2 aromatic heterocycles. The maximum Gasteiger partial charge on any atom is 0.347 e. The van der Waals surface area contributed by atoms with Crippen LogP contribution in [0.4, 0.5) is 0 Å². The van der Waals surface area contributed by atoms with E-state index in [0.29, 0.717) is 5.69 Å². The lowest BCUT2D eigenvalue weighted by molar-refractivity contribution is 0.0697. The molecule has 3 rings (SSSR count). The van der Waals surface area contributed by atoms with E-state index in [9.17, 15) is 9.90 Å². The summed E-state index contributed by atoms with van der Waals surface area (Å²) in [7, 11) is 1.53. The number of ether oxygens (including phenoxy) is 1. The van der Waals surface area contributed by atoms with Gasteiger partial charge in [0, 0.05) is 28.1 Å². The number of carbonyl (C=O) groups is 1. The monoisotopic (exact) mass is 305 g/mol. The summed E-state index contributed by atoms with van der Waals surface area (Å²) < 4.78 is 6.19. The predicted octanol–water partition coefficient (Wildman–Crippen LogP) is 3.87. The molecule has 0 bridgehead atoms. The molecule has 0 saturated heterocycles. The Labute approximate surface area is 123 Å². The molecule has 0 unspecified atom stereocenters. The number of aromatic carboxylic acids is 1. The van der Waals surface area contributed by atoms with Crippen LogP contribution in [0.15, 0.2) is 29.6 Å². The molecule has 0 fully saturated rings. The van der Waals surface area contributed by atoms with Crippen LogP contribution in [0.5, 0.6) is 0 Å². The zero-order valence-electron chi connectivity index (χ0n) is 10.6. The summed E-state index contributed by atoms with van der Waals surface area (Å²) in [6, 6.07) is 8.04. The van der Waals surface area contributed by atoms with Gasteiger partial charge in [-0.05, 0) is 6.07 Å². The van der Waals surface area contributed by atoms with Crippen molar-refractivity contribution in [2.24, 2.45) is 0 Å². The van der Waals surface area contributed by atoms with Crippen molar-refractivity contribution in [2.45, 2.75) is 6.61 Å². The van der Waals surface area contributed by atoms with Crippen molar-refractivity contribution in [2.75, 3.05) is 7.11 Å². The van der Waals surface area contributed by atoms with E-state index in [4.69, 9.17) is 4.74 Å². The van der Waals surface area contributed by atoms with Crippen LogP contribution in [0.25, 0.3) is 20.7 Å². The minimum atomic E-state index is -0.958. The van der Waals surface area contributed by atoms with Crippen LogP contribution in [-0.2, 0) is 11.3 Å². The van der Waals surface area contributed by atoms with E-state index < -0.39 is 5.97 Å². The molecule has 3 aromatic rings. The van der Waals surface area contributed by atoms with E-state index in [0.717, 1.165) is 16.0 Å². The molecule has 1 N–H and O–H groups in total. The molecule has 2 heterocycles. The van der Waals surface area contributed by atoms with Gasteiger partial charge < -0.3 is 9.84 Å². The van der Waals surface area contributed by atoms with Crippen molar-refractivity contribution >= 4 is 38.7 Å². The number of carboxylic acids is 1. The van der Waals surface area contributed by atoms with Gasteiger partial charge >= 0.3 is 5.97 Å². The number of thiophene rings is 1. The first kappa shape index (κ1) is 13.2. The first-order chi connectivity index (χ1) is 9.70. The van der Waals surface area contributed by atoms with Crippen molar-refractivity contribution in [3.05, 3.63) is 40.2 Å². The number of nitrogens with zero attached hydrogens (tertiary/aromatic N) is 1. The van der Waals surface area contributed by atoms with Crippen LogP contribution in [0.3, 0.4) is 0 Å². The number of carboxylic acid groups (broad SMARTS) is 1. The molecule has 0 aliphatic carbocycles. The number of methoxy groups -OCH3 is 1. The molecule has 0 amide bonds. The maximum absolute atomic E-state index is 11.3. The number of rotatable bonds is 4. The van der Waals surface area contributed by atoms with E-state index >= 15 is 0 Å². The van der Waals surface area contributed by atoms with Crippen LogP contribution < -0.4 is 0 Å². The lowest BCUT2D eigenvalue weighted by Crippen LogP contribution is -1.99. The highest BCUT2D eigenvalue weighted by Crippen LogP contribution is 2.37. The maximum atomic E-state index is 11.3. The molecular formula is C14H11NO3S2. The van der Waals surface area contributed by atoms with Crippen molar-refractivity contribution in [3.63, 3.8) is 0 Å². The Balaban J connectivity index is 2.14. The van der Waals surface area contributed by atoms with E-state index in [2.05, 4.69) is 4.98 Å². The minimum absolute atomic E-state index is 0.209. The van der Waals surface area contributed by atoms with Crippen molar-refractivity contribution in [1.82, 2.24) is 4.98 Å². The largest absolute Gasteiger partial charge is 0.477 e. The molecule has 0 aliphatic heterocycles. The first-order valence-electron chi connectivity index (χ1n) is 5.89. The Morgan fingerprint density at radius 2 is 2.20 bits per heavy atom. The van der Waals surface area contributed by atoms with Gasteiger partial charge in [-0.3, -0.25) is 0 Å². The number of fused-ring (bicyclic) bond motifs is 1. The van der Waals surface area contributed by atoms with Crippen molar-refractivity contribution in [3.8, 4) is 10.6 Å². The molecule has 0 atom stereocenters. The SMILES string of the molecule is COCc1nc(-c2csc3ccccc23)sc1C(=O)O. The highest BCUT2D eigenvalue weighted by Gasteiger charge is 2.19. The second-order valence-corrected chi connectivity index (χ2v) is 6.09. The average molecular weight is 305 g/mol. The van der Waals surface area contributed by atoms with Crippen molar-refractivity contribution < 1.29 is 14.6 Å². The van der Waals surface area contributed by atoms with Gasteiger partial charge in [-0.25, -0.2) is 9.78 Å². The molecule has 0 saturated carbocycles. The van der Waals surface area contributed by atoms with Gasteiger partial charge in [0.15, 0.2) is 0 Å². The van der Waals surface area contributed by atoms with Gasteiger partial charge in [0.1, 0.15) is 9.88 Å². The zero-order chi connectivity index (χ0) is 14.1. The molecule has 0 spiro atoms. The third kappa shape index (κ3) is 2.22. The van der Waals surface area contributed by atoms with Gasteiger partial charge in [-0.15, -0.1) is 22.7 Å². The number of benzene rings is 1. The Hall–Kier alpha value is -1.76. The Morgan fingerprint density at radius 3 is 2.95 bits per heavy atom. The lowest BCUT2D eigenvalue weighted by Gasteiger charge is -1.95. The summed E-state index contributed by atoms with van der Waals surface area (Å²) >= 11 is 2.83. The summed E-state index contributed by atoms with van der Waals surface area (Å²) in [4.78, 5) is 15.9. The summed E-state index contributed by atoms with van der Waals surface area (Å²) in [5.41, 5.74) is 1.47. The zero-order valence-corrected chi connectivity index (χ0v) is 12.3. The smallest absolute Gasteiger partial charge is 0.347 e. The molecule has 1 aromatic carbocycles. The highest BCUT2D eigenvalue weighted by molar-refractivity contribution is 7.20. The molecule has 0 radical (unpaired) electrons. The van der Waals surface area contributed by atoms with Gasteiger partial charge in [-0.1, -0.05) is 18.2 Å². The first-order valence-corrected chi connectivity index (χ1v) is 7.59. The fourth-order valence-electron chi connectivity index (χ4n) is 2.01. The quantitative estimate of drug-likeness (QED) is 0.795. The molecule has 4 nitrogen and oxygen atoms in total. The Morgan fingerprint density at radius 1 is 1.40 bits per heavy atom. The predicted molar refractivity (Wildman–Crippen MR) is 80.6 cm³/mol. The molecule has 6 heteroatoms. The van der Waals surface area contributed by atoms with Gasteiger partial charge in [0.2, 0.25) is 0 Å². The number of hydrogen-bond donors (Lipinski definition) is 1. The minimum Gasteiger partial charge on any atom is -0.477 e. The van der Waals surface area contributed by atoms with Crippen molar-refractivity contribution in [1.29, 1.82) is 0 Å². The van der Waals surface area contributed by atoms with E-state index in [1.165, 1.54) is 23.1 Å². The lowest BCUT2D eigenvalue weighted by atomic mass is 10.2. The van der Waals surface area contributed by atoms with Crippen LogP contribution in [0.2, 0.25) is 0 Å². The van der Waals surface area contributed by atoms with Gasteiger partial charge in [-0.2, -0.15) is 0 Å². The normalized spacial score (nSPS) is 11.1. The van der Waals surface area contributed by atoms with E-state index in [-0.39, 0.29) is 11.5 Å². The number of hydrogen-bond acceptors (Lipinski definition) is 5. The fourth-order valence-corrected chi connectivity index (χ4v) is 3.97. The third-order valence-electron chi connectivity index (χ3n) is 2.88.